The van der Waals surface area contributed by atoms with Crippen LogP contribution >= 0.6 is 11.8 Å². The maximum absolute atomic E-state index is 10.6. The van der Waals surface area contributed by atoms with Gasteiger partial charge in [0.2, 0.25) is 5.91 Å². The highest BCUT2D eigenvalue weighted by Crippen LogP contribution is 2.16. The maximum Gasteiger partial charge on any atom is 0.222 e. The number of carbonyl (C=O) groups excluding carboxylic acids is 1. The van der Waals surface area contributed by atoms with Gasteiger partial charge in [-0.3, -0.25) is 4.79 Å². The molecule has 0 bridgehead atoms. The molecule has 1 saturated heterocycles. The number of thioether (sulfide) groups is 1. The average Bonchev–Trinajstić information content (AvgIpc) is 2.12. The summed E-state index contributed by atoms with van der Waals surface area (Å²) >= 11 is 1.57. The van der Waals surface area contributed by atoms with Gasteiger partial charge in [0, 0.05) is 30.6 Å². The topological polar surface area (TPSA) is 54.9 Å². The van der Waals surface area contributed by atoms with Crippen molar-refractivity contribution in [3.63, 3.8) is 0 Å². The zero-order chi connectivity index (χ0) is 9.10. The van der Waals surface area contributed by atoms with Crippen molar-refractivity contribution in [1.29, 1.82) is 0 Å². The molecule has 0 saturated carbocycles. The van der Waals surface area contributed by atoms with Crippen LogP contribution in [0.2, 0.25) is 0 Å². The van der Waals surface area contributed by atoms with Crippen LogP contribution in [-0.4, -0.2) is 27.7 Å². The Kier molecular flexibility index (Phi) is 2.44. The summed E-state index contributed by atoms with van der Waals surface area (Å²) in [6.45, 7) is 0. The smallest absolute Gasteiger partial charge is 0.222 e. The van der Waals surface area contributed by atoms with Crippen LogP contribution in [0, 0.1) is 0 Å². The Balaban J connectivity index is 1.77. The molecule has 0 unspecified atom stereocenters. The van der Waals surface area contributed by atoms with Crippen LogP contribution in [0.3, 0.4) is 0 Å². The van der Waals surface area contributed by atoms with Crippen molar-refractivity contribution in [2.24, 2.45) is 0 Å². The summed E-state index contributed by atoms with van der Waals surface area (Å²) in [5.41, 5.74) is 0. The number of rotatable bonds is 3. The number of aromatic nitrogens is 2. The van der Waals surface area contributed by atoms with Crippen LogP contribution in [0.4, 0.5) is 0 Å². The fourth-order valence-corrected chi connectivity index (χ4v) is 1.89. The molecule has 0 aliphatic carbocycles. The second-order valence-corrected chi connectivity index (χ2v) is 3.80. The van der Waals surface area contributed by atoms with Crippen molar-refractivity contribution in [1.82, 2.24) is 15.3 Å². The van der Waals surface area contributed by atoms with Crippen molar-refractivity contribution >= 4 is 17.7 Å². The maximum atomic E-state index is 10.6. The first kappa shape index (κ1) is 8.50. The first-order chi connectivity index (χ1) is 6.34. The standard InChI is InChI=1S/C8H9N3OS/c12-7-4-6(11-7)5-13-8-9-2-1-3-10-8/h1-3,6H,4-5H2,(H,11,12)/t6-/m1/s1. The average molecular weight is 195 g/mol. The van der Waals surface area contributed by atoms with Crippen molar-refractivity contribution in [2.75, 3.05) is 5.75 Å². The van der Waals surface area contributed by atoms with Crippen LogP contribution in [0.25, 0.3) is 0 Å². The summed E-state index contributed by atoms with van der Waals surface area (Å²) in [6.07, 6.45) is 4.07. The summed E-state index contributed by atoms with van der Waals surface area (Å²) in [5, 5.41) is 3.56. The van der Waals surface area contributed by atoms with Gasteiger partial charge in [-0.05, 0) is 6.07 Å². The van der Waals surface area contributed by atoms with E-state index in [9.17, 15) is 4.79 Å². The van der Waals surface area contributed by atoms with E-state index in [-0.39, 0.29) is 5.91 Å². The molecule has 2 heterocycles. The first-order valence-corrected chi connectivity index (χ1v) is 5.02. The second kappa shape index (κ2) is 3.74. The van der Waals surface area contributed by atoms with Crippen LogP contribution in [0.1, 0.15) is 6.42 Å². The molecule has 1 atom stereocenters. The third kappa shape index (κ3) is 2.18. The number of nitrogens with zero attached hydrogens (tertiary/aromatic N) is 2. The number of β-lactam (4-membered cyclic amide) rings is 1. The molecule has 1 aromatic rings. The predicted octanol–water partition coefficient (Wildman–Crippen LogP) is 0.457. The van der Waals surface area contributed by atoms with E-state index < -0.39 is 0 Å². The zero-order valence-electron chi connectivity index (χ0n) is 6.93. The molecule has 1 amide bonds. The van der Waals surface area contributed by atoms with Gasteiger partial charge in [-0.25, -0.2) is 9.97 Å². The molecule has 2 rings (SSSR count). The number of carbonyl (C=O) groups is 1. The van der Waals surface area contributed by atoms with E-state index in [4.69, 9.17) is 0 Å². The highest BCUT2D eigenvalue weighted by Gasteiger charge is 2.24. The quantitative estimate of drug-likeness (QED) is 0.432. The SMILES string of the molecule is O=C1C[C@H](CSc2ncccn2)N1. The molecule has 1 N–H and O–H groups in total. The summed E-state index contributed by atoms with van der Waals surface area (Å²) in [4.78, 5) is 18.7. The lowest BCUT2D eigenvalue weighted by atomic mass is 10.1. The number of hydrogen-bond donors (Lipinski definition) is 1. The van der Waals surface area contributed by atoms with E-state index in [2.05, 4.69) is 15.3 Å². The Labute approximate surface area is 80.2 Å². The van der Waals surface area contributed by atoms with Gasteiger partial charge in [0.25, 0.3) is 0 Å². The molecule has 4 nitrogen and oxygen atoms in total. The normalized spacial score (nSPS) is 20.6. The molecule has 13 heavy (non-hydrogen) atoms. The van der Waals surface area contributed by atoms with E-state index in [1.807, 2.05) is 0 Å². The lowest BCUT2D eigenvalue weighted by molar-refractivity contribution is -0.127. The summed E-state index contributed by atoms with van der Waals surface area (Å²) in [7, 11) is 0. The minimum atomic E-state index is 0.139. The molecular formula is C8H9N3OS. The molecule has 1 aromatic heterocycles. The van der Waals surface area contributed by atoms with Crippen LogP contribution in [-0.2, 0) is 4.79 Å². The van der Waals surface area contributed by atoms with Crippen molar-refractivity contribution in [3.8, 4) is 0 Å². The molecule has 68 valence electrons. The van der Waals surface area contributed by atoms with E-state index >= 15 is 0 Å². The Morgan fingerprint density at radius 3 is 2.85 bits per heavy atom. The third-order valence-corrected chi connectivity index (χ3v) is 2.79. The number of amides is 1. The van der Waals surface area contributed by atoms with Crippen molar-refractivity contribution in [3.05, 3.63) is 18.5 Å². The van der Waals surface area contributed by atoms with Gasteiger partial charge in [-0.2, -0.15) is 0 Å². The minimum absolute atomic E-state index is 0.139. The molecule has 1 aliphatic heterocycles. The van der Waals surface area contributed by atoms with Gasteiger partial charge < -0.3 is 5.32 Å². The summed E-state index contributed by atoms with van der Waals surface area (Å²) in [5.74, 6) is 0.995. The Bertz CT molecular complexity index is 296. The van der Waals surface area contributed by atoms with Crippen LogP contribution in [0.5, 0.6) is 0 Å². The van der Waals surface area contributed by atoms with Gasteiger partial charge in [-0.15, -0.1) is 0 Å². The molecule has 0 radical (unpaired) electrons. The fraction of sp³-hybridized carbons (Fsp3) is 0.375. The Hall–Kier alpha value is -1.10. The summed E-state index contributed by atoms with van der Waals surface area (Å²) < 4.78 is 0. The van der Waals surface area contributed by atoms with E-state index in [1.54, 1.807) is 30.2 Å². The van der Waals surface area contributed by atoms with Crippen LogP contribution < -0.4 is 5.32 Å². The van der Waals surface area contributed by atoms with E-state index in [1.165, 1.54) is 0 Å². The molecule has 0 spiro atoms. The van der Waals surface area contributed by atoms with Gasteiger partial charge in [-0.1, -0.05) is 11.8 Å². The lowest BCUT2D eigenvalue weighted by Gasteiger charge is -2.25. The van der Waals surface area contributed by atoms with E-state index in [0.29, 0.717) is 12.5 Å². The predicted molar refractivity (Wildman–Crippen MR) is 49.3 cm³/mol. The van der Waals surface area contributed by atoms with Gasteiger partial charge in [0.15, 0.2) is 5.16 Å². The minimum Gasteiger partial charge on any atom is -0.352 e. The van der Waals surface area contributed by atoms with Crippen molar-refractivity contribution < 1.29 is 4.79 Å². The molecule has 5 heteroatoms. The molecular weight excluding hydrogens is 186 g/mol. The molecule has 1 aliphatic rings. The molecule has 1 fully saturated rings. The van der Waals surface area contributed by atoms with Crippen LogP contribution in [0.15, 0.2) is 23.6 Å². The monoisotopic (exact) mass is 195 g/mol. The summed E-state index contributed by atoms with van der Waals surface area (Å²) in [6, 6.07) is 2.09. The van der Waals surface area contributed by atoms with Crippen molar-refractivity contribution in [2.45, 2.75) is 17.6 Å². The number of hydrogen-bond acceptors (Lipinski definition) is 4. The lowest BCUT2D eigenvalue weighted by Crippen LogP contribution is -2.49. The Morgan fingerprint density at radius 2 is 2.23 bits per heavy atom. The highest BCUT2D eigenvalue weighted by molar-refractivity contribution is 7.99. The molecule has 0 aromatic carbocycles. The van der Waals surface area contributed by atoms with Gasteiger partial charge >= 0.3 is 0 Å². The second-order valence-electron chi connectivity index (χ2n) is 2.81. The first-order valence-electron chi connectivity index (χ1n) is 4.04. The van der Waals surface area contributed by atoms with Gasteiger partial charge in [0.05, 0.1) is 0 Å². The van der Waals surface area contributed by atoms with Gasteiger partial charge in [0.1, 0.15) is 0 Å². The number of nitrogens with one attached hydrogen (secondary N) is 1. The Morgan fingerprint density at radius 1 is 1.54 bits per heavy atom. The highest BCUT2D eigenvalue weighted by atomic mass is 32.2. The zero-order valence-corrected chi connectivity index (χ0v) is 7.75. The largest absolute Gasteiger partial charge is 0.352 e. The van der Waals surface area contributed by atoms with E-state index in [0.717, 1.165) is 10.9 Å². The third-order valence-electron chi connectivity index (χ3n) is 1.75. The fourth-order valence-electron chi connectivity index (χ4n) is 1.07.